The molecule has 0 amide bonds. The van der Waals surface area contributed by atoms with Crippen molar-refractivity contribution in [3.63, 3.8) is 0 Å². The number of nitrogens with zero attached hydrogens (tertiary/aromatic N) is 1. The van der Waals surface area contributed by atoms with Crippen molar-refractivity contribution >= 4 is 33.0 Å². The lowest BCUT2D eigenvalue weighted by molar-refractivity contribution is 0.905. The molecule has 2 aromatic rings. The molecule has 1 atom stereocenters. The van der Waals surface area contributed by atoms with Crippen LogP contribution >= 0.6 is 27.3 Å². The van der Waals surface area contributed by atoms with Crippen molar-refractivity contribution in [2.24, 2.45) is 0 Å². The fourth-order valence-corrected chi connectivity index (χ4v) is 2.79. The Balaban J connectivity index is 2.05. The zero-order valence-electron chi connectivity index (χ0n) is 9.90. The number of thiophene rings is 1. The molecule has 0 spiro atoms. The van der Waals surface area contributed by atoms with E-state index >= 15 is 0 Å². The Kier molecular flexibility index (Phi) is 4.18. The number of halogens is 1. The molecule has 4 heteroatoms. The number of aromatic nitrogens is 1. The first-order chi connectivity index (χ1) is 8.19. The molecule has 0 bridgehead atoms. The fraction of sp³-hybridized carbons (Fsp3) is 0.308. The molecular formula is C13H15BrN2S. The van der Waals surface area contributed by atoms with Gasteiger partial charge in [-0.25, -0.2) is 4.98 Å². The molecule has 0 aliphatic heterocycles. The topological polar surface area (TPSA) is 24.9 Å². The van der Waals surface area contributed by atoms with Crippen molar-refractivity contribution in [2.75, 3.05) is 5.32 Å². The molecule has 2 heterocycles. The van der Waals surface area contributed by atoms with Gasteiger partial charge < -0.3 is 5.32 Å². The zero-order chi connectivity index (χ0) is 12.3. The van der Waals surface area contributed by atoms with E-state index in [4.69, 9.17) is 0 Å². The maximum atomic E-state index is 4.20. The molecule has 0 fully saturated rings. The van der Waals surface area contributed by atoms with Gasteiger partial charge in [0, 0.05) is 9.75 Å². The first-order valence-electron chi connectivity index (χ1n) is 5.65. The van der Waals surface area contributed by atoms with E-state index in [2.05, 4.69) is 52.2 Å². The Morgan fingerprint density at radius 2 is 2.18 bits per heavy atom. The molecule has 0 radical (unpaired) electrons. The molecule has 0 saturated carbocycles. The third-order valence-corrected chi connectivity index (χ3v) is 4.45. The maximum Gasteiger partial charge on any atom is 0.106 e. The van der Waals surface area contributed by atoms with Crippen LogP contribution in [0.5, 0.6) is 0 Å². The van der Waals surface area contributed by atoms with Gasteiger partial charge >= 0.3 is 0 Å². The summed E-state index contributed by atoms with van der Waals surface area (Å²) in [5.41, 5.74) is 1.05. The molecule has 90 valence electrons. The van der Waals surface area contributed by atoms with Crippen LogP contribution in [0.4, 0.5) is 5.69 Å². The highest BCUT2D eigenvalue weighted by Crippen LogP contribution is 2.26. The summed E-state index contributed by atoms with van der Waals surface area (Å²) in [4.78, 5) is 7.00. The Hall–Kier alpha value is -0.870. The summed E-state index contributed by atoms with van der Waals surface area (Å²) >= 11 is 5.20. The lowest BCUT2D eigenvalue weighted by Crippen LogP contribution is -2.04. The second-order valence-electron chi connectivity index (χ2n) is 3.89. The summed E-state index contributed by atoms with van der Waals surface area (Å²) in [5, 5.41) is 3.45. The number of anilines is 1. The monoisotopic (exact) mass is 310 g/mol. The minimum absolute atomic E-state index is 0.322. The van der Waals surface area contributed by atoms with Gasteiger partial charge in [0.2, 0.25) is 0 Å². The molecule has 1 unspecified atom stereocenters. The second-order valence-corrected chi connectivity index (χ2v) is 5.91. The van der Waals surface area contributed by atoms with Gasteiger partial charge in [-0.05, 0) is 53.5 Å². The number of hydrogen-bond donors (Lipinski definition) is 1. The van der Waals surface area contributed by atoms with Crippen molar-refractivity contribution in [3.05, 3.63) is 44.8 Å². The van der Waals surface area contributed by atoms with E-state index in [-0.39, 0.29) is 0 Å². The molecule has 0 aromatic carbocycles. The average Bonchev–Trinajstić information content (AvgIpc) is 2.81. The standard InChI is InChI=1S/C13H15BrN2S/c1-3-11-5-6-12(17-11)9(2)16-10-4-7-13(14)15-8-10/h4-9,16H,3H2,1-2H3. The molecule has 2 rings (SSSR count). The molecule has 2 nitrogen and oxygen atoms in total. The maximum absolute atomic E-state index is 4.20. The number of pyridine rings is 1. The van der Waals surface area contributed by atoms with Crippen LogP contribution in [0.1, 0.15) is 29.6 Å². The van der Waals surface area contributed by atoms with Crippen LogP contribution in [0.3, 0.4) is 0 Å². The normalized spacial score (nSPS) is 12.4. The van der Waals surface area contributed by atoms with E-state index < -0.39 is 0 Å². The van der Waals surface area contributed by atoms with E-state index in [9.17, 15) is 0 Å². The summed E-state index contributed by atoms with van der Waals surface area (Å²) in [5.74, 6) is 0. The minimum Gasteiger partial charge on any atom is -0.376 e. The van der Waals surface area contributed by atoms with E-state index in [1.807, 2.05) is 29.7 Å². The van der Waals surface area contributed by atoms with Gasteiger partial charge in [-0.3, -0.25) is 0 Å². The van der Waals surface area contributed by atoms with Gasteiger partial charge in [0.15, 0.2) is 0 Å². The largest absolute Gasteiger partial charge is 0.376 e. The van der Waals surface area contributed by atoms with Crippen LogP contribution in [-0.4, -0.2) is 4.98 Å². The van der Waals surface area contributed by atoms with Crippen molar-refractivity contribution in [1.29, 1.82) is 0 Å². The summed E-state index contributed by atoms with van der Waals surface area (Å²) in [6, 6.07) is 8.71. The zero-order valence-corrected chi connectivity index (χ0v) is 12.3. The van der Waals surface area contributed by atoms with Gasteiger partial charge in [-0.2, -0.15) is 0 Å². The Morgan fingerprint density at radius 3 is 2.76 bits per heavy atom. The van der Waals surface area contributed by atoms with Crippen LogP contribution in [0.2, 0.25) is 0 Å². The first-order valence-corrected chi connectivity index (χ1v) is 7.26. The number of rotatable bonds is 4. The number of nitrogens with one attached hydrogen (secondary N) is 1. The Bertz CT molecular complexity index is 478. The van der Waals surface area contributed by atoms with Gasteiger partial charge in [-0.1, -0.05) is 6.92 Å². The second kappa shape index (κ2) is 5.65. The predicted molar refractivity (Wildman–Crippen MR) is 77.7 cm³/mol. The third kappa shape index (κ3) is 3.30. The summed E-state index contributed by atoms with van der Waals surface area (Å²) < 4.78 is 0.861. The smallest absolute Gasteiger partial charge is 0.106 e. The molecule has 1 N–H and O–H groups in total. The molecule has 17 heavy (non-hydrogen) atoms. The van der Waals surface area contributed by atoms with Gasteiger partial charge in [0.1, 0.15) is 4.60 Å². The SMILES string of the molecule is CCc1ccc(C(C)Nc2ccc(Br)nc2)s1. The summed E-state index contributed by atoms with van der Waals surface area (Å²) in [7, 11) is 0. The van der Waals surface area contributed by atoms with Crippen LogP contribution < -0.4 is 5.32 Å². The van der Waals surface area contributed by atoms with Crippen molar-refractivity contribution < 1.29 is 0 Å². The Labute approximate surface area is 114 Å². The quantitative estimate of drug-likeness (QED) is 0.832. The van der Waals surface area contributed by atoms with Crippen molar-refractivity contribution in [2.45, 2.75) is 26.3 Å². The van der Waals surface area contributed by atoms with Crippen LogP contribution in [0, 0.1) is 0 Å². The van der Waals surface area contributed by atoms with Crippen LogP contribution in [0.15, 0.2) is 35.1 Å². The van der Waals surface area contributed by atoms with Gasteiger partial charge in [0.05, 0.1) is 17.9 Å². The van der Waals surface area contributed by atoms with E-state index in [0.717, 1.165) is 16.7 Å². The van der Waals surface area contributed by atoms with E-state index in [1.54, 1.807) is 0 Å². The highest BCUT2D eigenvalue weighted by molar-refractivity contribution is 9.10. The van der Waals surface area contributed by atoms with Crippen molar-refractivity contribution in [1.82, 2.24) is 4.98 Å². The summed E-state index contributed by atoms with van der Waals surface area (Å²) in [6.07, 6.45) is 2.95. The first kappa shape index (κ1) is 12.6. The third-order valence-electron chi connectivity index (χ3n) is 2.57. The molecule has 0 aliphatic rings. The van der Waals surface area contributed by atoms with Crippen LogP contribution in [0.25, 0.3) is 0 Å². The lowest BCUT2D eigenvalue weighted by atomic mass is 10.2. The van der Waals surface area contributed by atoms with Gasteiger partial charge in [0.25, 0.3) is 0 Å². The lowest BCUT2D eigenvalue weighted by Gasteiger charge is -2.13. The molecule has 2 aromatic heterocycles. The van der Waals surface area contributed by atoms with Crippen LogP contribution in [-0.2, 0) is 6.42 Å². The van der Waals surface area contributed by atoms with Crippen molar-refractivity contribution in [3.8, 4) is 0 Å². The fourth-order valence-electron chi connectivity index (χ4n) is 1.60. The Morgan fingerprint density at radius 1 is 1.35 bits per heavy atom. The molecule has 0 saturated heterocycles. The highest BCUT2D eigenvalue weighted by Gasteiger charge is 2.08. The van der Waals surface area contributed by atoms with E-state index in [0.29, 0.717) is 6.04 Å². The number of aryl methyl sites for hydroxylation is 1. The predicted octanol–water partition coefficient (Wildman–Crippen LogP) is 4.64. The minimum atomic E-state index is 0.322. The molecule has 0 aliphatic carbocycles. The average molecular weight is 311 g/mol. The number of hydrogen-bond acceptors (Lipinski definition) is 3. The highest BCUT2D eigenvalue weighted by atomic mass is 79.9. The summed E-state index contributed by atoms with van der Waals surface area (Å²) in [6.45, 7) is 4.36. The van der Waals surface area contributed by atoms with E-state index in [1.165, 1.54) is 9.75 Å². The molecular weight excluding hydrogens is 296 g/mol. The van der Waals surface area contributed by atoms with Gasteiger partial charge in [-0.15, -0.1) is 11.3 Å².